The van der Waals surface area contributed by atoms with Gasteiger partial charge in [-0.2, -0.15) is 13.2 Å². The van der Waals surface area contributed by atoms with Gasteiger partial charge in [0.1, 0.15) is 0 Å². The Morgan fingerprint density at radius 1 is 1.21 bits per heavy atom. The lowest BCUT2D eigenvalue weighted by Crippen LogP contribution is -2.44. The second kappa shape index (κ2) is 4.51. The molecule has 0 heterocycles. The van der Waals surface area contributed by atoms with Gasteiger partial charge < -0.3 is 5.11 Å². The number of aliphatic hydroxyl groups is 1. The Labute approximate surface area is 83.3 Å². The highest BCUT2D eigenvalue weighted by atomic mass is 19.4. The van der Waals surface area contributed by atoms with Gasteiger partial charge >= 0.3 is 6.18 Å². The highest BCUT2D eigenvalue weighted by Crippen LogP contribution is 2.37. The van der Waals surface area contributed by atoms with Gasteiger partial charge in [-0.25, -0.2) is 0 Å². The summed E-state index contributed by atoms with van der Waals surface area (Å²) in [7, 11) is 0. The molecule has 0 saturated carbocycles. The van der Waals surface area contributed by atoms with Crippen molar-refractivity contribution >= 4 is 0 Å². The molecule has 0 aliphatic heterocycles. The van der Waals surface area contributed by atoms with Crippen LogP contribution in [0.1, 0.15) is 40.5 Å². The Balaban J connectivity index is 4.48. The summed E-state index contributed by atoms with van der Waals surface area (Å²) in [5, 5.41) is 9.28. The Bertz CT molecular complexity index is 173. The summed E-state index contributed by atoms with van der Waals surface area (Å²) in [6.45, 7) is 6.44. The first-order chi connectivity index (χ1) is 6.12. The number of hydrogen-bond acceptors (Lipinski definition) is 1. The maximum absolute atomic E-state index is 12.3. The summed E-state index contributed by atoms with van der Waals surface area (Å²) in [6, 6.07) is 0. The van der Waals surface area contributed by atoms with Crippen molar-refractivity contribution in [1.82, 2.24) is 0 Å². The van der Waals surface area contributed by atoms with Crippen LogP contribution in [0, 0.1) is 11.8 Å². The lowest BCUT2D eigenvalue weighted by atomic mass is 9.83. The average molecular weight is 212 g/mol. The highest BCUT2D eigenvalue weighted by molar-refractivity contribution is 4.84. The molecule has 0 amide bonds. The van der Waals surface area contributed by atoms with Crippen LogP contribution < -0.4 is 0 Å². The van der Waals surface area contributed by atoms with Crippen molar-refractivity contribution in [3.05, 3.63) is 0 Å². The molecule has 0 aliphatic carbocycles. The van der Waals surface area contributed by atoms with E-state index in [0.717, 1.165) is 6.92 Å². The first-order valence-corrected chi connectivity index (χ1v) is 4.91. The Hall–Kier alpha value is -0.250. The van der Waals surface area contributed by atoms with Gasteiger partial charge in [0, 0.05) is 0 Å². The van der Waals surface area contributed by atoms with E-state index < -0.39 is 11.8 Å². The van der Waals surface area contributed by atoms with Gasteiger partial charge in [-0.15, -0.1) is 0 Å². The highest BCUT2D eigenvalue weighted by Gasteiger charge is 2.50. The molecule has 0 fully saturated rings. The molecule has 0 spiro atoms. The molecular weight excluding hydrogens is 193 g/mol. The zero-order valence-electron chi connectivity index (χ0n) is 9.15. The van der Waals surface area contributed by atoms with Crippen LogP contribution >= 0.6 is 0 Å². The zero-order chi connectivity index (χ0) is 11.6. The summed E-state index contributed by atoms with van der Waals surface area (Å²) in [6.07, 6.45) is -4.09. The van der Waals surface area contributed by atoms with E-state index >= 15 is 0 Å². The summed E-state index contributed by atoms with van der Waals surface area (Å²) in [5.41, 5.74) is -2.56. The maximum Gasteiger partial charge on any atom is 0.416 e. The second-order valence-corrected chi connectivity index (χ2v) is 4.39. The van der Waals surface area contributed by atoms with Gasteiger partial charge in [0.05, 0.1) is 0 Å². The Morgan fingerprint density at radius 3 is 1.86 bits per heavy atom. The van der Waals surface area contributed by atoms with Crippen molar-refractivity contribution in [2.24, 2.45) is 11.8 Å². The van der Waals surface area contributed by atoms with Crippen molar-refractivity contribution in [2.45, 2.75) is 52.3 Å². The lowest BCUT2D eigenvalue weighted by molar-refractivity contribution is -0.259. The average Bonchev–Trinajstić information content (AvgIpc) is 1.97. The molecule has 0 rings (SSSR count). The van der Waals surface area contributed by atoms with Gasteiger partial charge in [-0.05, 0) is 25.2 Å². The standard InChI is InChI=1S/C10H19F3O/c1-5-8(7(2)3)6-9(4,14)10(11,12)13/h7-8,14H,5-6H2,1-4H3/t8-,9?/m0/s1. The van der Waals surface area contributed by atoms with Gasteiger partial charge in [0.25, 0.3) is 0 Å². The molecule has 0 aromatic heterocycles. The summed E-state index contributed by atoms with van der Waals surface area (Å²) in [4.78, 5) is 0. The summed E-state index contributed by atoms with van der Waals surface area (Å²) in [5.74, 6) is 0.0699. The lowest BCUT2D eigenvalue weighted by Gasteiger charge is -2.31. The van der Waals surface area contributed by atoms with Crippen LogP contribution in [0.3, 0.4) is 0 Å². The van der Waals surface area contributed by atoms with Crippen LogP contribution in [0.25, 0.3) is 0 Å². The molecule has 1 N–H and O–H groups in total. The van der Waals surface area contributed by atoms with E-state index in [0.29, 0.717) is 6.42 Å². The van der Waals surface area contributed by atoms with E-state index in [1.54, 1.807) is 0 Å². The van der Waals surface area contributed by atoms with E-state index in [1.807, 2.05) is 20.8 Å². The molecule has 1 nitrogen and oxygen atoms in total. The molecule has 0 radical (unpaired) electrons. The number of rotatable bonds is 4. The van der Waals surface area contributed by atoms with Crippen LogP contribution in [0.2, 0.25) is 0 Å². The molecule has 4 heteroatoms. The van der Waals surface area contributed by atoms with E-state index in [1.165, 1.54) is 0 Å². The number of hydrogen-bond donors (Lipinski definition) is 1. The summed E-state index contributed by atoms with van der Waals surface area (Å²) < 4.78 is 37.0. The Kier molecular flexibility index (Phi) is 4.43. The zero-order valence-corrected chi connectivity index (χ0v) is 9.15. The monoisotopic (exact) mass is 212 g/mol. The van der Waals surface area contributed by atoms with Crippen LogP contribution in [-0.4, -0.2) is 16.9 Å². The second-order valence-electron chi connectivity index (χ2n) is 4.39. The molecule has 1 unspecified atom stereocenters. The topological polar surface area (TPSA) is 20.2 Å². The minimum Gasteiger partial charge on any atom is -0.381 e. The number of alkyl halides is 3. The fourth-order valence-corrected chi connectivity index (χ4v) is 1.48. The number of halogens is 3. The predicted octanol–water partition coefficient (Wildman–Crippen LogP) is 3.37. The fraction of sp³-hybridized carbons (Fsp3) is 1.00. The van der Waals surface area contributed by atoms with Crippen molar-refractivity contribution in [3.63, 3.8) is 0 Å². The van der Waals surface area contributed by atoms with Crippen LogP contribution in [-0.2, 0) is 0 Å². The third-order valence-electron chi connectivity index (χ3n) is 2.74. The van der Waals surface area contributed by atoms with Crippen molar-refractivity contribution < 1.29 is 18.3 Å². The predicted molar refractivity (Wildman–Crippen MR) is 49.9 cm³/mol. The van der Waals surface area contributed by atoms with Gasteiger partial charge in [-0.3, -0.25) is 0 Å². The van der Waals surface area contributed by atoms with Crippen LogP contribution in [0.5, 0.6) is 0 Å². The minimum atomic E-state index is -4.53. The molecule has 0 aromatic carbocycles. The molecule has 0 aliphatic rings. The molecule has 0 saturated heterocycles. The molecule has 0 bridgehead atoms. The third kappa shape index (κ3) is 3.48. The third-order valence-corrected chi connectivity index (χ3v) is 2.74. The van der Waals surface area contributed by atoms with Gasteiger partial charge in [-0.1, -0.05) is 27.2 Å². The molecule has 0 aromatic rings. The molecule has 14 heavy (non-hydrogen) atoms. The van der Waals surface area contributed by atoms with E-state index in [-0.39, 0.29) is 18.3 Å². The van der Waals surface area contributed by atoms with E-state index in [2.05, 4.69) is 0 Å². The first-order valence-electron chi connectivity index (χ1n) is 4.91. The maximum atomic E-state index is 12.3. The molecule has 86 valence electrons. The normalized spacial score (nSPS) is 19.5. The van der Waals surface area contributed by atoms with Gasteiger partial charge in [0.15, 0.2) is 5.60 Å². The van der Waals surface area contributed by atoms with Crippen molar-refractivity contribution in [2.75, 3.05) is 0 Å². The van der Waals surface area contributed by atoms with Crippen LogP contribution in [0.15, 0.2) is 0 Å². The largest absolute Gasteiger partial charge is 0.416 e. The smallest absolute Gasteiger partial charge is 0.381 e. The van der Waals surface area contributed by atoms with Crippen LogP contribution in [0.4, 0.5) is 13.2 Å². The SMILES string of the molecule is CC[C@@H](CC(C)(O)C(F)(F)F)C(C)C. The van der Waals surface area contributed by atoms with Crippen molar-refractivity contribution in [3.8, 4) is 0 Å². The van der Waals surface area contributed by atoms with Gasteiger partial charge in [0.2, 0.25) is 0 Å². The molecular formula is C10H19F3O. The summed E-state index contributed by atoms with van der Waals surface area (Å²) >= 11 is 0. The Morgan fingerprint density at radius 2 is 1.64 bits per heavy atom. The fourth-order valence-electron chi connectivity index (χ4n) is 1.48. The molecule has 2 atom stereocenters. The quantitative estimate of drug-likeness (QED) is 0.757. The van der Waals surface area contributed by atoms with E-state index in [9.17, 15) is 18.3 Å². The minimum absolute atomic E-state index is 0.0911. The van der Waals surface area contributed by atoms with E-state index in [4.69, 9.17) is 0 Å². The first kappa shape index (κ1) is 13.8. The van der Waals surface area contributed by atoms with Crippen molar-refractivity contribution in [1.29, 1.82) is 0 Å².